The van der Waals surface area contributed by atoms with Crippen molar-refractivity contribution in [1.29, 1.82) is 0 Å². The highest BCUT2D eigenvalue weighted by atomic mass is 19.1. The number of aryl methyl sites for hydroxylation is 3. The van der Waals surface area contributed by atoms with Crippen molar-refractivity contribution < 1.29 is 23.1 Å². The van der Waals surface area contributed by atoms with E-state index in [9.17, 15) is 14.0 Å². The first-order valence-electron chi connectivity index (χ1n) is 8.33. The van der Waals surface area contributed by atoms with Crippen molar-refractivity contribution in [3.63, 3.8) is 0 Å². The van der Waals surface area contributed by atoms with E-state index in [-0.39, 0.29) is 18.0 Å². The minimum absolute atomic E-state index is 0.00428. The van der Waals surface area contributed by atoms with Gasteiger partial charge in [-0.25, -0.2) is 4.39 Å². The average Bonchev–Trinajstić information content (AvgIpc) is 2.95. The van der Waals surface area contributed by atoms with Gasteiger partial charge in [0.25, 0.3) is 5.91 Å². The molecule has 0 saturated heterocycles. The Morgan fingerprint density at radius 2 is 1.78 bits per heavy atom. The van der Waals surface area contributed by atoms with Crippen LogP contribution in [0.3, 0.4) is 0 Å². The van der Waals surface area contributed by atoms with Crippen molar-refractivity contribution in [2.45, 2.75) is 20.8 Å². The van der Waals surface area contributed by atoms with Gasteiger partial charge in [0.15, 0.2) is 23.8 Å². The van der Waals surface area contributed by atoms with E-state index in [1.54, 1.807) is 13.0 Å². The van der Waals surface area contributed by atoms with Gasteiger partial charge in [-0.1, -0.05) is 18.2 Å². The molecule has 140 valence electrons. The van der Waals surface area contributed by atoms with Gasteiger partial charge in [-0.15, -0.1) is 0 Å². The van der Waals surface area contributed by atoms with Crippen LogP contribution in [-0.2, 0) is 4.79 Å². The van der Waals surface area contributed by atoms with Crippen molar-refractivity contribution in [3.05, 3.63) is 64.7 Å². The summed E-state index contributed by atoms with van der Waals surface area (Å²) in [5.41, 5.74) is 7.03. The number of benzene rings is 2. The van der Waals surface area contributed by atoms with E-state index >= 15 is 0 Å². The van der Waals surface area contributed by atoms with Gasteiger partial charge in [-0.2, -0.15) is 0 Å². The number of furan rings is 1. The Labute approximate surface area is 155 Å². The van der Waals surface area contributed by atoms with E-state index in [2.05, 4.69) is 10.9 Å². The lowest BCUT2D eigenvalue weighted by atomic mass is 10.1. The van der Waals surface area contributed by atoms with Crippen LogP contribution < -0.4 is 15.6 Å². The molecule has 0 aliphatic carbocycles. The van der Waals surface area contributed by atoms with Crippen molar-refractivity contribution in [3.8, 4) is 5.75 Å². The largest absolute Gasteiger partial charge is 0.484 e. The number of hydrogen-bond acceptors (Lipinski definition) is 4. The molecule has 0 fully saturated rings. The molecule has 2 N–H and O–H groups in total. The van der Waals surface area contributed by atoms with Crippen LogP contribution in [0, 0.1) is 26.6 Å². The summed E-state index contributed by atoms with van der Waals surface area (Å²) in [7, 11) is 0. The second-order valence-electron chi connectivity index (χ2n) is 6.29. The van der Waals surface area contributed by atoms with Gasteiger partial charge in [0.05, 0.1) is 0 Å². The highest BCUT2D eigenvalue weighted by Gasteiger charge is 2.20. The molecule has 2 amide bonds. The number of hydrazine groups is 1. The molecule has 27 heavy (non-hydrogen) atoms. The number of nitrogens with one attached hydrogen (secondary N) is 2. The average molecular weight is 370 g/mol. The number of halogens is 1. The molecule has 0 radical (unpaired) electrons. The number of hydrogen-bond donors (Lipinski definition) is 2. The fourth-order valence-electron chi connectivity index (χ4n) is 2.81. The first kappa shape index (κ1) is 18.4. The Kier molecular flexibility index (Phi) is 5.12. The molecule has 3 aromatic rings. The third-order valence-electron chi connectivity index (χ3n) is 4.00. The standard InChI is InChI=1S/C20H19FN2O4/c1-11-7-12(2)9-14(8-11)26-10-17(24)22-23-20(25)18-13(3)15-5-4-6-16(21)19(15)27-18/h4-9H,10H2,1-3H3,(H,22,24)(H,23,25). The zero-order valence-corrected chi connectivity index (χ0v) is 15.2. The summed E-state index contributed by atoms with van der Waals surface area (Å²) < 4.78 is 24.5. The Morgan fingerprint density at radius 1 is 1.07 bits per heavy atom. The zero-order chi connectivity index (χ0) is 19.6. The summed E-state index contributed by atoms with van der Waals surface area (Å²) >= 11 is 0. The minimum Gasteiger partial charge on any atom is -0.484 e. The lowest BCUT2D eigenvalue weighted by Gasteiger charge is -2.09. The first-order chi connectivity index (χ1) is 12.8. The van der Waals surface area contributed by atoms with Crippen molar-refractivity contribution >= 4 is 22.8 Å². The van der Waals surface area contributed by atoms with Gasteiger partial charge in [0, 0.05) is 10.9 Å². The number of carbonyl (C=O) groups excluding carboxylic acids is 2. The maximum atomic E-state index is 13.8. The molecular weight excluding hydrogens is 351 g/mol. The highest BCUT2D eigenvalue weighted by molar-refractivity contribution is 5.99. The molecule has 0 unspecified atom stereocenters. The van der Waals surface area contributed by atoms with E-state index in [1.807, 2.05) is 32.0 Å². The number of ether oxygens (including phenoxy) is 1. The molecule has 6 nitrogen and oxygen atoms in total. The van der Waals surface area contributed by atoms with E-state index in [1.165, 1.54) is 12.1 Å². The second kappa shape index (κ2) is 7.49. The van der Waals surface area contributed by atoms with Crippen molar-refractivity contribution in [2.75, 3.05) is 6.61 Å². The Balaban J connectivity index is 1.59. The lowest BCUT2D eigenvalue weighted by molar-refractivity contribution is -0.123. The highest BCUT2D eigenvalue weighted by Crippen LogP contribution is 2.27. The lowest BCUT2D eigenvalue weighted by Crippen LogP contribution is -2.43. The van der Waals surface area contributed by atoms with Gasteiger partial charge in [-0.05, 0) is 50.1 Å². The maximum Gasteiger partial charge on any atom is 0.305 e. The van der Waals surface area contributed by atoms with Crippen LogP contribution in [0.2, 0.25) is 0 Å². The summed E-state index contributed by atoms with van der Waals surface area (Å²) in [5, 5.41) is 0.504. The van der Waals surface area contributed by atoms with Crippen LogP contribution in [0.15, 0.2) is 40.8 Å². The molecule has 0 aliphatic rings. The summed E-state index contributed by atoms with van der Waals surface area (Å²) in [6.45, 7) is 5.24. The van der Waals surface area contributed by atoms with Gasteiger partial charge in [-0.3, -0.25) is 20.4 Å². The van der Waals surface area contributed by atoms with E-state index in [4.69, 9.17) is 9.15 Å². The molecule has 0 saturated carbocycles. The SMILES string of the molecule is Cc1cc(C)cc(OCC(=O)NNC(=O)c2oc3c(F)cccc3c2C)c1. The minimum atomic E-state index is -0.678. The maximum absolute atomic E-state index is 13.8. The Morgan fingerprint density at radius 3 is 2.44 bits per heavy atom. The summed E-state index contributed by atoms with van der Waals surface area (Å²) in [4.78, 5) is 24.1. The van der Waals surface area contributed by atoms with Gasteiger partial charge >= 0.3 is 5.91 Å². The monoisotopic (exact) mass is 370 g/mol. The van der Waals surface area contributed by atoms with Gasteiger partial charge in [0.1, 0.15) is 5.75 Å². The molecule has 0 bridgehead atoms. The smallest absolute Gasteiger partial charge is 0.305 e. The number of amides is 2. The van der Waals surface area contributed by atoms with E-state index < -0.39 is 17.6 Å². The van der Waals surface area contributed by atoms with Gasteiger partial charge < -0.3 is 9.15 Å². The molecular formula is C20H19FN2O4. The molecule has 1 aromatic heterocycles. The molecule has 2 aromatic carbocycles. The fourth-order valence-corrected chi connectivity index (χ4v) is 2.81. The van der Waals surface area contributed by atoms with Gasteiger partial charge in [0.2, 0.25) is 0 Å². The summed E-state index contributed by atoms with van der Waals surface area (Å²) in [5.74, 6) is -1.27. The number of rotatable bonds is 4. The molecule has 3 rings (SSSR count). The molecule has 7 heteroatoms. The van der Waals surface area contributed by atoms with Crippen LogP contribution in [0.25, 0.3) is 11.0 Å². The van der Waals surface area contributed by atoms with Crippen molar-refractivity contribution in [2.24, 2.45) is 0 Å². The van der Waals surface area contributed by atoms with E-state index in [0.717, 1.165) is 11.1 Å². The van der Waals surface area contributed by atoms with Crippen LogP contribution >= 0.6 is 0 Å². The molecule has 0 spiro atoms. The molecule has 0 atom stereocenters. The second-order valence-corrected chi connectivity index (χ2v) is 6.29. The third kappa shape index (κ3) is 4.08. The molecule has 1 heterocycles. The predicted molar refractivity (Wildman–Crippen MR) is 97.9 cm³/mol. The summed E-state index contributed by atoms with van der Waals surface area (Å²) in [6.07, 6.45) is 0. The zero-order valence-electron chi connectivity index (χ0n) is 15.2. The predicted octanol–water partition coefficient (Wildman–Crippen LogP) is 3.34. The van der Waals surface area contributed by atoms with Crippen LogP contribution in [0.1, 0.15) is 27.2 Å². The number of para-hydroxylation sites is 1. The quantitative estimate of drug-likeness (QED) is 0.691. The topological polar surface area (TPSA) is 80.6 Å². The van der Waals surface area contributed by atoms with Crippen molar-refractivity contribution in [1.82, 2.24) is 10.9 Å². The Hall–Kier alpha value is -3.35. The Bertz CT molecular complexity index is 1010. The number of carbonyl (C=O) groups is 2. The first-order valence-corrected chi connectivity index (χ1v) is 8.33. The van der Waals surface area contributed by atoms with Crippen LogP contribution in [0.4, 0.5) is 4.39 Å². The normalized spacial score (nSPS) is 10.7. The number of fused-ring (bicyclic) bond motifs is 1. The summed E-state index contributed by atoms with van der Waals surface area (Å²) in [6, 6.07) is 10.1. The third-order valence-corrected chi connectivity index (χ3v) is 4.00. The van der Waals surface area contributed by atoms with Crippen LogP contribution in [-0.4, -0.2) is 18.4 Å². The fraction of sp³-hybridized carbons (Fsp3) is 0.200. The van der Waals surface area contributed by atoms with E-state index in [0.29, 0.717) is 16.7 Å². The van der Waals surface area contributed by atoms with Crippen LogP contribution in [0.5, 0.6) is 5.75 Å². The molecule has 0 aliphatic heterocycles.